The highest BCUT2D eigenvalue weighted by Crippen LogP contribution is 2.25. The van der Waals surface area contributed by atoms with Crippen molar-refractivity contribution in [1.82, 2.24) is 15.5 Å². The highest BCUT2D eigenvalue weighted by molar-refractivity contribution is 9.10. The van der Waals surface area contributed by atoms with E-state index in [4.69, 9.17) is 0 Å². The van der Waals surface area contributed by atoms with Crippen molar-refractivity contribution in [3.8, 4) is 0 Å². The average Bonchev–Trinajstić information content (AvgIpc) is 2.49. The molecule has 1 heterocycles. The summed E-state index contributed by atoms with van der Waals surface area (Å²) in [5.74, 6) is -0.415. The quantitative estimate of drug-likeness (QED) is 0.754. The van der Waals surface area contributed by atoms with E-state index in [2.05, 4.69) is 26.6 Å². The Bertz CT molecular complexity index is 539. The van der Waals surface area contributed by atoms with Crippen LogP contribution in [0.4, 0.5) is 13.2 Å². The number of carbonyl (C=O) groups is 1. The number of nitrogens with zero attached hydrogens (tertiary/aromatic N) is 1. The Labute approximate surface area is 153 Å². The van der Waals surface area contributed by atoms with Crippen molar-refractivity contribution >= 4 is 34.2 Å². The fraction of sp³-hybridized carbons (Fsp3) is 0.533. The van der Waals surface area contributed by atoms with Gasteiger partial charge in [0.2, 0.25) is 5.91 Å². The molecule has 0 spiro atoms. The van der Waals surface area contributed by atoms with Crippen molar-refractivity contribution in [2.45, 2.75) is 18.6 Å². The topological polar surface area (TPSA) is 44.4 Å². The minimum absolute atomic E-state index is 0. The van der Waals surface area contributed by atoms with Gasteiger partial charge in [0, 0.05) is 37.2 Å². The maximum atomic E-state index is 13.2. The summed E-state index contributed by atoms with van der Waals surface area (Å²) >= 11 is 3.32. The van der Waals surface area contributed by atoms with Crippen LogP contribution in [-0.2, 0) is 11.2 Å². The third kappa shape index (κ3) is 6.23. The smallest absolute Gasteiger partial charge is 0.354 e. The lowest BCUT2D eigenvalue weighted by Crippen LogP contribution is -2.57. The molecule has 2 rings (SSSR count). The standard InChI is InChI=1S/C15H19BrF3N3O.ClH/c16-12-4-2-1-3-11(12)9-14(23)21-10-13(15(17,18)19)22-7-5-20-6-8-22;/h1-4,13,20H,5-10H2,(H,21,23);1H. The van der Waals surface area contributed by atoms with Crippen LogP contribution in [0.3, 0.4) is 0 Å². The van der Waals surface area contributed by atoms with Crippen LogP contribution in [0.25, 0.3) is 0 Å². The summed E-state index contributed by atoms with van der Waals surface area (Å²) in [5, 5.41) is 5.44. The van der Waals surface area contributed by atoms with Crippen LogP contribution in [0.2, 0.25) is 0 Å². The Morgan fingerprint density at radius 3 is 2.50 bits per heavy atom. The fourth-order valence-corrected chi connectivity index (χ4v) is 2.96. The molecule has 24 heavy (non-hydrogen) atoms. The highest BCUT2D eigenvalue weighted by atomic mass is 79.9. The van der Waals surface area contributed by atoms with Crippen LogP contribution >= 0.6 is 28.3 Å². The molecule has 0 saturated carbocycles. The van der Waals surface area contributed by atoms with E-state index in [-0.39, 0.29) is 18.8 Å². The Hall–Kier alpha value is -0.830. The zero-order valence-electron chi connectivity index (χ0n) is 12.9. The molecule has 0 aliphatic carbocycles. The molecule has 1 aliphatic heterocycles. The molecule has 1 unspecified atom stereocenters. The summed E-state index contributed by atoms with van der Waals surface area (Å²) < 4.78 is 40.4. The largest absolute Gasteiger partial charge is 0.405 e. The first-order chi connectivity index (χ1) is 10.9. The first-order valence-electron chi connectivity index (χ1n) is 7.39. The number of piperazine rings is 1. The van der Waals surface area contributed by atoms with Gasteiger partial charge in [-0.25, -0.2) is 0 Å². The molecule has 1 aromatic rings. The number of hydrogen-bond donors (Lipinski definition) is 2. The van der Waals surface area contributed by atoms with E-state index in [9.17, 15) is 18.0 Å². The first kappa shape index (κ1) is 21.2. The molecular weight excluding hydrogens is 411 g/mol. The lowest BCUT2D eigenvalue weighted by atomic mass is 10.1. The SMILES string of the molecule is Cl.O=C(Cc1ccccc1Br)NCC(N1CCNCC1)C(F)(F)F. The Morgan fingerprint density at radius 2 is 1.92 bits per heavy atom. The summed E-state index contributed by atoms with van der Waals surface area (Å²) in [4.78, 5) is 13.3. The Balaban J connectivity index is 0.00000288. The van der Waals surface area contributed by atoms with Gasteiger partial charge in [0.05, 0.1) is 6.42 Å². The van der Waals surface area contributed by atoms with Crippen molar-refractivity contribution in [3.63, 3.8) is 0 Å². The van der Waals surface area contributed by atoms with Crippen LogP contribution < -0.4 is 10.6 Å². The molecule has 2 N–H and O–H groups in total. The minimum atomic E-state index is -4.36. The first-order valence-corrected chi connectivity index (χ1v) is 8.19. The van der Waals surface area contributed by atoms with Gasteiger partial charge in [-0.05, 0) is 11.6 Å². The predicted octanol–water partition coefficient (Wildman–Crippen LogP) is 2.37. The third-order valence-corrected chi connectivity index (χ3v) is 4.55. The second kappa shape index (κ2) is 9.60. The summed E-state index contributed by atoms with van der Waals surface area (Å²) in [6.07, 6.45) is -4.31. The fourth-order valence-electron chi connectivity index (χ4n) is 2.53. The molecule has 4 nitrogen and oxygen atoms in total. The van der Waals surface area contributed by atoms with E-state index in [1.54, 1.807) is 18.2 Å². The van der Waals surface area contributed by atoms with Crippen LogP contribution in [0.15, 0.2) is 28.7 Å². The average molecular weight is 431 g/mol. The molecule has 0 bridgehead atoms. The Kier molecular flexibility index (Phi) is 8.49. The predicted molar refractivity (Wildman–Crippen MR) is 92.4 cm³/mol. The van der Waals surface area contributed by atoms with Gasteiger partial charge in [-0.1, -0.05) is 34.1 Å². The highest BCUT2D eigenvalue weighted by Gasteiger charge is 2.43. The Morgan fingerprint density at radius 1 is 1.29 bits per heavy atom. The van der Waals surface area contributed by atoms with Gasteiger partial charge >= 0.3 is 6.18 Å². The molecule has 1 saturated heterocycles. The van der Waals surface area contributed by atoms with Gasteiger partial charge in [-0.3, -0.25) is 9.69 Å². The second-order valence-corrected chi connectivity index (χ2v) is 6.27. The monoisotopic (exact) mass is 429 g/mol. The number of halogens is 5. The van der Waals surface area contributed by atoms with E-state index in [1.165, 1.54) is 4.90 Å². The maximum Gasteiger partial charge on any atom is 0.405 e. The lowest BCUT2D eigenvalue weighted by molar-refractivity contribution is -0.184. The van der Waals surface area contributed by atoms with E-state index < -0.39 is 24.7 Å². The number of rotatable bonds is 5. The molecule has 136 valence electrons. The number of nitrogens with one attached hydrogen (secondary N) is 2. The molecule has 1 amide bonds. The lowest BCUT2D eigenvalue weighted by Gasteiger charge is -2.35. The molecule has 1 aliphatic rings. The molecule has 1 fully saturated rings. The number of alkyl halides is 3. The maximum absolute atomic E-state index is 13.2. The molecular formula is C15H20BrClF3N3O. The number of hydrogen-bond acceptors (Lipinski definition) is 3. The van der Waals surface area contributed by atoms with Crippen molar-refractivity contribution in [3.05, 3.63) is 34.3 Å². The molecule has 0 aromatic heterocycles. The van der Waals surface area contributed by atoms with Gasteiger partial charge in [0.1, 0.15) is 6.04 Å². The molecule has 1 atom stereocenters. The summed E-state index contributed by atoms with van der Waals surface area (Å²) in [6, 6.07) is 5.51. The van der Waals surface area contributed by atoms with Gasteiger partial charge in [0.25, 0.3) is 0 Å². The molecule has 9 heteroatoms. The zero-order valence-corrected chi connectivity index (χ0v) is 15.3. The van der Waals surface area contributed by atoms with Crippen LogP contribution in [-0.4, -0.2) is 55.7 Å². The van der Waals surface area contributed by atoms with E-state index in [0.29, 0.717) is 26.2 Å². The summed E-state index contributed by atoms with van der Waals surface area (Å²) in [5.41, 5.74) is 0.746. The van der Waals surface area contributed by atoms with Crippen molar-refractivity contribution in [2.24, 2.45) is 0 Å². The van der Waals surface area contributed by atoms with Crippen LogP contribution in [0.5, 0.6) is 0 Å². The van der Waals surface area contributed by atoms with Crippen molar-refractivity contribution in [2.75, 3.05) is 32.7 Å². The normalized spacial score (nSPS) is 17.0. The number of amides is 1. The van der Waals surface area contributed by atoms with Crippen molar-refractivity contribution in [1.29, 1.82) is 0 Å². The van der Waals surface area contributed by atoms with Gasteiger partial charge in [0.15, 0.2) is 0 Å². The molecule has 1 aromatic carbocycles. The van der Waals surface area contributed by atoms with Crippen molar-refractivity contribution < 1.29 is 18.0 Å². The van der Waals surface area contributed by atoms with Crippen LogP contribution in [0.1, 0.15) is 5.56 Å². The van der Waals surface area contributed by atoms with E-state index in [1.807, 2.05) is 6.07 Å². The second-order valence-electron chi connectivity index (χ2n) is 5.42. The number of carbonyl (C=O) groups excluding carboxylic acids is 1. The summed E-state index contributed by atoms with van der Waals surface area (Å²) in [6.45, 7) is 1.27. The number of benzene rings is 1. The van der Waals surface area contributed by atoms with Gasteiger partial charge in [-0.2, -0.15) is 13.2 Å². The van der Waals surface area contributed by atoms with Crippen LogP contribution in [0, 0.1) is 0 Å². The molecule has 0 radical (unpaired) electrons. The van der Waals surface area contributed by atoms with Gasteiger partial charge in [-0.15, -0.1) is 12.4 Å². The van der Waals surface area contributed by atoms with Gasteiger partial charge < -0.3 is 10.6 Å². The van der Waals surface area contributed by atoms with E-state index in [0.717, 1.165) is 10.0 Å². The minimum Gasteiger partial charge on any atom is -0.354 e. The van der Waals surface area contributed by atoms with E-state index >= 15 is 0 Å². The third-order valence-electron chi connectivity index (χ3n) is 3.77. The summed E-state index contributed by atoms with van der Waals surface area (Å²) in [7, 11) is 0. The zero-order chi connectivity index (χ0) is 16.9.